The van der Waals surface area contributed by atoms with Crippen LogP contribution in [0.1, 0.15) is 25.8 Å². The molecule has 1 heterocycles. The number of carbonyl (C=O) groups excluding carboxylic acids is 2. The molecule has 0 aliphatic heterocycles. The Morgan fingerprint density at radius 3 is 2.62 bits per heavy atom. The van der Waals surface area contributed by atoms with E-state index < -0.39 is 0 Å². The molecule has 6 heteroatoms. The van der Waals surface area contributed by atoms with Crippen molar-refractivity contribution in [3.8, 4) is 5.75 Å². The van der Waals surface area contributed by atoms with Gasteiger partial charge in [0.2, 0.25) is 11.8 Å². The number of aromatic nitrogens is 1. The second kappa shape index (κ2) is 9.78. The lowest BCUT2D eigenvalue weighted by molar-refractivity contribution is -0.129. The molecule has 1 aromatic heterocycles. The maximum atomic E-state index is 12.4. The fourth-order valence-electron chi connectivity index (χ4n) is 3.32. The maximum absolute atomic E-state index is 12.4. The molecule has 0 atom stereocenters. The summed E-state index contributed by atoms with van der Waals surface area (Å²) < 4.78 is 5.53. The van der Waals surface area contributed by atoms with Gasteiger partial charge in [0.25, 0.3) is 0 Å². The molecule has 0 aliphatic rings. The highest BCUT2D eigenvalue weighted by Crippen LogP contribution is 2.24. The Balaban J connectivity index is 1.55. The number of para-hydroxylation sites is 3. The number of benzene rings is 2. The van der Waals surface area contributed by atoms with Gasteiger partial charge in [0.15, 0.2) is 0 Å². The molecule has 29 heavy (non-hydrogen) atoms. The van der Waals surface area contributed by atoms with Gasteiger partial charge in [-0.1, -0.05) is 30.3 Å². The quantitative estimate of drug-likeness (QED) is 0.577. The van der Waals surface area contributed by atoms with Gasteiger partial charge in [0.05, 0.1) is 12.3 Å². The molecule has 3 aromatic rings. The highest BCUT2D eigenvalue weighted by atomic mass is 16.5. The Morgan fingerprint density at radius 1 is 1.07 bits per heavy atom. The lowest BCUT2D eigenvalue weighted by Crippen LogP contribution is -2.33. The van der Waals surface area contributed by atoms with Crippen LogP contribution in [-0.2, 0) is 16.0 Å². The predicted molar refractivity (Wildman–Crippen MR) is 115 cm³/mol. The highest BCUT2D eigenvalue weighted by molar-refractivity contribution is 5.92. The number of anilines is 1. The molecule has 0 unspecified atom stereocenters. The molecule has 152 valence electrons. The van der Waals surface area contributed by atoms with E-state index in [-0.39, 0.29) is 18.2 Å². The Morgan fingerprint density at radius 2 is 1.83 bits per heavy atom. The van der Waals surface area contributed by atoms with Crippen LogP contribution in [0.15, 0.2) is 54.7 Å². The van der Waals surface area contributed by atoms with Crippen molar-refractivity contribution in [2.24, 2.45) is 0 Å². The zero-order valence-corrected chi connectivity index (χ0v) is 16.9. The minimum absolute atomic E-state index is 0.0349. The zero-order chi connectivity index (χ0) is 20.6. The summed E-state index contributed by atoms with van der Waals surface area (Å²) in [5.41, 5.74) is 2.90. The van der Waals surface area contributed by atoms with Gasteiger partial charge in [-0.25, -0.2) is 0 Å². The highest BCUT2D eigenvalue weighted by Gasteiger charge is 2.14. The average molecular weight is 393 g/mol. The molecule has 2 aromatic carbocycles. The van der Waals surface area contributed by atoms with Crippen molar-refractivity contribution >= 4 is 28.4 Å². The minimum Gasteiger partial charge on any atom is -0.492 e. The van der Waals surface area contributed by atoms with E-state index in [2.05, 4.69) is 16.4 Å². The largest absolute Gasteiger partial charge is 0.492 e. The minimum atomic E-state index is -0.143. The van der Waals surface area contributed by atoms with Gasteiger partial charge < -0.3 is 19.9 Å². The van der Waals surface area contributed by atoms with E-state index in [4.69, 9.17) is 4.74 Å². The third kappa shape index (κ3) is 5.38. The number of nitrogens with zero attached hydrogens (tertiary/aromatic N) is 1. The number of nitrogens with one attached hydrogen (secondary N) is 2. The van der Waals surface area contributed by atoms with Gasteiger partial charge in [0, 0.05) is 43.5 Å². The van der Waals surface area contributed by atoms with Gasteiger partial charge in [-0.05, 0) is 37.1 Å². The summed E-state index contributed by atoms with van der Waals surface area (Å²) in [6.07, 6.45) is 2.95. The first-order valence-electron chi connectivity index (χ1n) is 9.90. The smallest absolute Gasteiger partial charge is 0.226 e. The van der Waals surface area contributed by atoms with E-state index in [0.29, 0.717) is 31.1 Å². The molecule has 6 nitrogen and oxygen atoms in total. The Labute approximate surface area is 170 Å². The molecule has 0 saturated heterocycles. The lowest BCUT2D eigenvalue weighted by Gasteiger charge is -2.21. The fourth-order valence-corrected chi connectivity index (χ4v) is 3.32. The number of carbonyl (C=O) groups is 2. The van der Waals surface area contributed by atoms with Gasteiger partial charge in [-0.2, -0.15) is 0 Å². The van der Waals surface area contributed by atoms with Crippen LogP contribution < -0.4 is 10.1 Å². The van der Waals surface area contributed by atoms with Crippen molar-refractivity contribution in [3.63, 3.8) is 0 Å². The summed E-state index contributed by atoms with van der Waals surface area (Å²) in [6.45, 7) is 4.91. The summed E-state index contributed by atoms with van der Waals surface area (Å²) in [6, 6.07) is 15.4. The van der Waals surface area contributed by atoms with E-state index in [1.807, 2.05) is 55.6 Å². The van der Waals surface area contributed by atoms with Crippen LogP contribution in [-0.4, -0.2) is 41.4 Å². The van der Waals surface area contributed by atoms with E-state index >= 15 is 0 Å². The number of rotatable bonds is 9. The molecule has 0 fully saturated rings. The molecule has 3 rings (SSSR count). The van der Waals surface area contributed by atoms with Crippen molar-refractivity contribution in [2.75, 3.05) is 25.0 Å². The van der Waals surface area contributed by atoms with E-state index in [0.717, 1.165) is 11.9 Å². The third-order valence-electron chi connectivity index (χ3n) is 4.84. The summed E-state index contributed by atoms with van der Waals surface area (Å²) in [5, 5.41) is 4.04. The number of ether oxygens (including phenoxy) is 1. The van der Waals surface area contributed by atoms with Gasteiger partial charge in [-0.15, -0.1) is 0 Å². The Bertz CT molecular complexity index is 980. The molecule has 0 radical (unpaired) electrons. The van der Waals surface area contributed by atoms with Gasteiger partial charge in [-0.3, -0.25) is 9.59 Å². The third-order valence-corrected chi connectivity index (χ3v) is 4.84. The monoisotopic (exact) mass is 393 g/mol. The fraction of sp³-hybridized carbons (Fsp3) is 0.304. The van der Waals surface area contributed by atoms with Crippen molar-refractivity contribution in [1.29, 1.82) is 0 Å². The number of fused-ring (bicyclic) bond motifs is 1. The average Bonchev–Trinajstić information content (AvgIpc) is 3.12. The zero-order valence-electron chi connectivity index (χ0n) is 16.9. The molecular formula is C23H27N3O3. The summed E-state index contributed by atoms with van der Waals surface area (Å²) in [5.74, 6) is 0.467. The van der Waals surface area contributed by atoms with E-state index in [9.17, 15) is 9.59 Å². The van der Waals surface area contributed by atoms with Crippen LogP contribution >= 0.6 is 0 Å². The van der Waals surface area contributed by atoms with Crippen LogP contribution in [0.3, 0.4) is 0 Å². The van der Waals surface area contributed by atoms with Crippen molar-refractivity contribution in [3.05, 3.63) is 60.3 Å². The van der Waals surface area contributed by atoms with E-state index in [1.165, 1.54) is 17.9 Å². The van der Waals surface area contributed by atoms with Crippen LogP contribution in [0.2, 0.25) is 0 Å². The first-order valence-corrected chi connectivity index (χ1v) is 9.90. The summed E-state index contributed by atoms with van der Waals surface area (Å²) in [4.78, 5) is 29.4. The standard InChI is InChI=1S/C23H27N3O3/c1-3-29-22-11-7-6-10-21(22)25-23(28)13-15-26(17(2)27)14-12-18-16-24-20-9-5-4-8-19(18)20/h4-11,16,24H,3,12-15H2,1-2H3,(H,25,28). The summed E-state index contributed by atoms with van der Waals surface area (Å²) >= 11 is 0. The second-order valence-electron chi connectivity index (χ2n) is 6.84. The first kappa shape index (κ1) is 20.5. The lowest BCUT2D eigenvalue weighted by atomic mass is 10.1. The van der Waals surface area contributed by atoms with Crippen molar-refractivity contribution < 1.29 is 14.3 Å². The molecular weight excluding hydrogens is 366 g/mol. The normalized spacial score (nSPS) is 10.7. The predicted octanol–water partition coefficient (Wildman–Crippen LogP) is 3.99. The molecule has 0 saturated carbocycles. The number of hydrogen-bond donors (Lipinski definition) is 2. The van der Waals surface area contributed by atoms with Gasteiger partial charge in [0.1, 0.15) is 5.75 Å². The molecule has 2 N–H and O–H groups in total. The second-order valence-corrected chi connectivity index (χ2v) is 6.84. The van der Waals surface area contributed by atoms with Crippen LogP contribution in [0.25, 0.3) is 10.9 Å². The van der Waals surface area contributed by atoms with Crippen LogP contribution in [0, 0.1) is 0 Å². The molecule has 0 bridgehead atoms. The topological polar surface area (TPSA) is 74.4 Å². The Hall–Kier alpha value is -3.28. The first-order chi connectivity index (χ1) is 14.1. The molecule has 2 amide bonds. The number of amides is 2. The maximum Gasteiger partial charge on any atom is 0.226 e. The van der Waals surface area contributed by atoms with Crippen molar-refractivity contribution in [1.82, 2.24) is 9.88 Å². The van der Waals surface area contributed by atoms with Crippen LogP contribution in [0.5, 0.6) is 5.75 Å². The van der Waals surface area contributed by atoms with Gasteiger partial charge >= 0.3 is 0 Å². The van der Waals surface area contributed by atoms with Crippen molar-refractivity contribution in [2.45, 2.75) is 26.7 Å². The SMILES string of the molecule is CCOc1ccccc1NC(=O)CCN(CCc1c[nH]c2ccccc12)C(C)=O. The molecule has 0 spiro atoms. The molecule has 0 aliphatic carbocycles. The Kier molecular flexibility index (Phi) is 6.89. The number of H-pyrrole nitrogens is 1. The number of aromatic amines is 1. The van der Waals surface area contributed by atoms with E-state index in [1.54, 1.807) is 4.90 Å². The summed E-state index contributed by atoms with van der Waals surface area (Å²) in [7, 11) is 0. The number of hydrogen-bond acceptors (Lipinski definition) is 3. The van der Waals surface area contributed by atoms with Crippen LogP contribution in [0.4, 0.5) is 5.69 Å².